The molecule has 0 fully saturated rings. The lowest BCUT2D eigenvalue weighted by Crippen LogP contribution is -2.21. The third kappa shape index (κ3) is 4.56. The minimum absolute atomic E-state index is 0.0952. The fourth-order valence-electron chi connectivity index (χ4n) is 1.64. The van der Waals surface area contributed by atoms with E-state index in [1.54, 1.807) is 0 Å². The third-order valence-corrected chi connectivity index (χ3v) is 3.18. The van der Waals surface area contributed by atoms with Gasteiger partial charge in [-0.25, -0.2) is 18.0 Å². The predicted octanol–water partition coefficient (Wildman–Crippen LogP) is 3.66. The molecule has 1 amide bonds. The molecule has 0 spiro atoms. The smallest absolute Gasteiger partial charge is 0.341 e. The fraction of sp³-hybridized carbons (Fsp3) is 0.0667. The van der Waals surface area contributed by atoms with Crippen LogP contribution in [0, 0.1) is 17.5 Å². The Morgan fingerprint density at radius 1 is 1.04 bits per heavy atom. The second-order valence-electron chi connectivity index (χ2n) is 4.37. The molecule has 8 heteroatoms. The number of amides is 1. The van der Waals surface area contributed by atoms with Gasteiger partial charge in [0.1, 0.15) is 17.5 Å². The zero-order chi connectivity index (χ0) is 17.0. The van der Waals surface area contributed by atoms with Crippen LogP contribution >= 0.6 is 15.9 Å². The highest BCUT2D eigenvalue weighted by Crippen LogP contribution is 2.19. The van der Waals surface area contributed by atoms with Gasteiger partial charge in [0, 0.05) is 10.5 Å². The van der Waals surface area contributed by atoms with Crippen LogP contribution in [0.25, 0.3) is 0 Å². The molecule has 2 rings (SSSR count). The molecule has 0 aromatic heterocycles. The van der Waals surface area contributed by atoms with Gasteiger partial charge >= 0.3 is 5.97 Å². The molecule has 0 atom stereocenters. The number of carbonyl (C=O) groups excluding carboxylic acids is 2. The molecule has 0 saturated heterocycles. The van der Waals surface area contributed by atoms with Crippen LogP contribution in [0.3, 0.4) is 0 Å². The molecule has 1 N–H and O–H groups in total. The summed E-state index contributed by atoms with van der Waals surface area (Å²) < 4.78 is 44.7. The van der Waals surface area contributed by atoms with Gasteiger partial charge in [0.2, 0.25) is 0 Å². The first kappa shape index (κ1) is 17.0. The summed E-state index contributed by atoms with van der Waals surface area (Å²) in [6.45, 7) is -0.745. The fourth-order valence-corrected chi connectivity index (χ4v) is 1.97. The molecule has 2 aromatic carbocycles. The number of nitrogens with one attached hydrogen (secondary N) is 1. The molecule has 0 aliphatic heterocycles. The second kappa shape index (κ2) is 7.28. The van der Waals surface area contributed by atoms with Gasteiger partial charge < -0.3 is 10.1 Å². The normalized spacial score (nSPS) is 10.3. The number of rotatable bonds is 4. The van der Waals surface area contributed by atoms with Crippen molar-refractivity contribution >= 4 is 33.5 Å². The van der Waals surface area contributed by atoms with Crippen LogP contribution in [-0.2, 0) is 9.53 Å². The summed E-state index contributed by atoms with van der Waals surface area (Å²) >= 11 is 3.07. The molecule has 120 valence electrons. The number of hydrogen-bond acceptors (Lipinski definition) is 3. The van der Waals surface area contributed by atoms with E-state index in [4.69, 9.17) is 0 Å². The molecular formula is C15H9BrF3NO3. The number of anilines is 1. The zero-order valence-electron chi connectivity index (χ0n) is 11.4. The summed E-state index contributed by atoms with van der Waals surface area (Å²) in [6.07, 6.45) is 0. The van der Waals surface area contributed by atoms with Crippen molar-refractivity contribution in [3.8, 4) is 0 Å². The molecule has 0 aliphatic carbocycles. The molecule has 0 bridgehead atoms. The van der Waals surface area contributed by atoms with E-state index in [2.05, 4.69) is 26.0 Å². The molecule has 4 nitrogen and oxygen atoms in total. The standard InChI is InChI=1S/C15H9BrF3NO3/c16-8-1-4-13(12(19)5-8)20-14(21)7-23-15(22)10-3-2-9(17)6-11(10)18/h1-6H,7H2,(H,20,21). The van der Waals surface area contributed by atoms with Crippen LogP contribution in [0.1, 0.15) is 10.4 Å². The van der Waals surface area contributed by atoms with Crippen LogP contribution < -0.4 is 5.32 Å². The number of halogens is 4. The number of benzene rings is 2. The average molecular weight is 388 g/mol. The molecule has 0 unspecified atom stereocenters. The number of esters is 1. The molecule has 2 aromatic rings. The summed E-state index contributed by atoms with van der Waals surface area (Å²) in [4.78, 5) is 23.2. The van der Waals surface area contributed by atoms with Gasteiger partial charge in [0.05, 0.1) is 11.3 Å². The molecule has 0 saturated carbocycles. The summed E-state index contributed by atoms with van der Waals surface area (Å²) in [5.41, 5.74) is -0.601. The molecule has 0 heterocycles. The summed E-state index contributed by atoms with van der Waals surface area (Å²) in [6, 6.07) is 6.29. The molecular weight excluding hydrogens is 379 g/mol. The van der Waals surface area contributed by atoms with E-state index in [9.17, 15) is 22.8 Å². The lowest BCUT2D eigenvalue weighted by atomic mass is 10.2. The van der Waals surface area contributed by atoms with E-state index in [0.717, 1.165) is 18.2 Å². The molecule has 0 aliphatic rings. The highest BCUT2D eigenvalue weighted by atomic mass is 79.9. The van der Waals surface area contributed by atoms with E-state index in [0.29, 0.717) is 10.5 Å². The maximum Gasteiger partial charge on any atom is 0.341 e. The average Bonchev–Trinajstić information content (AvgIpc) is 2.48. The van der Waals surface area contributed by atoms with Crippen molar-refractivity contribution in [3.63, 3.8) is 0 Å². The summed E-state index contributed by atoms with van der Waals surface area (Å²) in [5, 5.41) is 2.20. The minimum atomic E-state index is -1.13. The lowest BCUT2D eigenvalue weighted by molar-refractivity contribution is -0.119. The predicted molar refractivity (Wildman–Crippen MR) is 79.4 cm³/mol. The van der Waals surface area contributed by atoms with Crippen LogP contribution in [0.4, 0.5) is 18.9 Å². The molecule has 0 radical (unpaired) electrons. The largest absolute Gasteiger partial charge is 0.452 e. The first-order valence-electron chi connectivity index (χ1n) is 6.24. The minimum Gasteiger partial charge on any atom is -0.452 e. The van der Waals surface area contributed by atoms with Gasteiger partial charge in [-0.1, -0.05) is 15.9 Å². The van der Waals surface area contributed by atoms with Crippen molar-refractivity contribution in [3.05, 3.63) is 63.9 Å². The Balaban J connectivity index is 1.94. The van der Waals surface area contributed by atoms with Gasteiger partial charge in [0.15, 0.2) is 6.61 Å². The van der Waals surface area contributed by atoms with Gasteiger partial charge in [-0.3, -0.25) is 4.79 Å². The summed E-state index contributed by atoms with van der Waals surface area (Å²) in [7, 11) is 0. The lowest BCUT2D eigenvalue weighted by Gasteiger charge is -2.08. The van der Waals surface area contributed by atoms with Gasteiger partial charge in [0.25, 0.3) is 5.91 Å². The van der Waals surface area contributed by atoms with E-state index >= 15 is 0 Å². The number of hydrogen-bond donors (Lipinski definition) is 1. The van der Waals surface area contributed by atoms with Crippen molar-refractivity contribution in [1.29, 1.82) is 0 Å². The Hall–Kier alpha value is -2.35. The number of carbonyl (C=O) groups is 2. The Morgan fingerprint density at radius 3 is 2.43 bits per heavy atom. The first-order chi connectivity index (χ1) is 10.9. The first-order valence-corrected chi connectivity index (χ1v) is 7.03. The van der Waals surface area contributed by atoms with Gasteiger partial charge in [-0.15, -0.1) is 0 Å². The topological polar surface area (TPSA) is 55.4 Å². The number of ether oxygens (including phenoxy) is 1. The van der Waals surface area contributed by atoms with Crippen molar-refractivity contribution in [2.75, 3.05) is 11.9 Å². The van der Waals surface area contributed by atoms with Crippen molar-refractivity contribution in [2.45, 2.75) is 0 Å². The third-order valence-electron chi connectivity index (χ3n) is 2.69. The molecule has 23 heavy (non-hydrogen) atoms. The highest BCUT2D eigenvalue weighted by Gasteiger charge is 2.16. The highest BCUT2D eigenvalue weighted by molar-refractivity contribution is 9.10. The monoisotopic (exact) mass is 387 g/mol. The van der Waals surface area contributed by atoms with E-state index < -0.39 is 41.5 Å². The van der Waals surface area contributed by atoms with Crippen LogP contribution in [-0.4, -0.2) is 18.5 Å². The van der Waals surface area contributed by atoms with Gasteiger partial charge in [-0.05, 0) is 30.3 Å². The summed E-state index contributed by atoms with van der Waals surface area (Å²) in [5.74, 6) is -4.56. The maximum absolute atomic E-state index is 13.5. The van der Waals surface area contributed by atoms with Gasteiger partial charge in [-0.2, -0.15) is 0 Å². The Bertz CT molecular complexity index is 768. The van der Waals surface area contributed by atoms with E-state index in [1.807, 2.05) is 0 Å². The van der Waals surface area contributed by atoms with Crippen molar-refractivity contribution in [1.82, 2.24) is 0 Å². The van der Waals surface area contributed by atoms with E-state index in [1.165, 1.54) is 12.1 Å². The SMILES string of the molecule is O=C(COC(=O)c1ccc(F)cc1F)Nc1ccc(Br)cc1F. The van der Waals surface area contributed by atoms with Crippen molar-refractivity contribution < 1.29 is 27.5 Å². The second-order valence-corrected chi connectivity index (χ2v) is 5.29. The Labute approximate surface area is 137 Å². The quantitative estimate of drug-likeness (QED) is 0.814. The zero-order valence-corrected chi connectivity index (χ0v) is 13.0. The van der Waals surface area contributed by atoms with Crippen LogP contribution in [0.5, 0.6) is 0 Å². The van der Waals surface area contributed by atoms with E-state index in [-0.39, 0.29) is 5.69 Å². The Kier molecular flexibility index (Phi) is 5.38. The Morgan fingerprint density at radius 2 is 1.78 bits per heavy atom. The maximum atomic E-state index is 13.5. The van der Waals surface area contributed by atoms with Crippen LogP contribution in [0.2, 0.25) is 0 Å². The van der Waals surface area contributed by atoms with Crippen LogP contribution in [0.15, 0.2) is 40.9 Å². The van der Waals surface area contributed by atoms with Crippen molar-refractivity contribution in [2.24, 2.45) is 0 Å².